The molecule has 2 unspecified atom stereocenters. The number of carbonyl (C=O) groups is 3. The summed E-state index contributed by atoms with van der Waals surface area (Å²) in [5, 5.41) is 10.2. The van der Waals surface area contributed by atoms with Crippen LogP contribution in [0.5, 0.6) is 5.75 Å². The number of hydrogen-bond donors (Lipinski definition) is 1. The van der Waals surface area contributed by atoms with Crippen LogP contribution in [0.3, 0.4) is 0 Å². The van der Waals surface area contributed by atoms with Crippen LogP contribution in [0.15, 0.2) is 49.6 Å². The zero-order valence-electron chi connectivity index (χ0n) is 25.9. The van der Waals surface area contributed by atoms with Gasteiger partial charge < -0.3 is 29.3 Å². The number of hydrogen-bond acceptors (Lipinski definition) is 8. The lowest BCUT2D eigenvalue weighted by Gasteiger charge is -2.39. The summed E-state index contributed by atoms with van der Waals surface area (Å²) in [5.74, 6) is -0.997. The molecule has 4 heterocycles. The molecule has 0 aliphatic carbocycles. The molecule has 44 heavy (non-hydrogen) atoms. The van der Waals surface area contributed by atoms with Crippen LogP contribution in [0.1, 0.15) is 26.7 Å². The van der Waals surface area contributed by atoms with Gasteiger partial charge in [-0.05, 0) is 51.0 Å². The third kappa shape index (κ3) is 5.91. The number of carbonyl (C=O) groups excluding carboxylic acids is 3. The molecular formula is C33H46N4O6S. The van der Waals surface area contributed by atoms with Crippen molar-refractivity contribution in [1.29, 1.82) is 0 Å². The Balaban J connectivity index is 1.45. The van der Waals surface area contributed by atoms with Gasteiger partial charge in [0.2, 0.25) is 17.7 Å². The summed E-state index contributed by atoms with van der Waals surface area (Å²) in [4.78, 5) is 50.8. The average Bonchev–Trinajstić information content (AvgIpc) is 3.69. The minimum atomic E-state index is -0.766. The van der Waals surface area contributed by atoms with Gasteiger partial charge in [0, 0.05) is 50.2 Å². The third-order valence-electron chi connectivity index (χ3n) is 9.48. The van der Waals surface area contributed by atoms with Gasteiger partial charge in [-0.2, -0.15) is 0 Å². The number of nitrogens with zero attached hydrogens (tertiary/aromatic N) is 4. The summed E-state index contributed by atoms with van der Waals surface area (Å²) in [7, 11) is 0. The third-order valence-corrected chi connectivity index (χ3v) is 11.4. The maximum atomic E-state index is 14.6. The van der Waals surface area contributed by atoms with Gasteiger partial charge >= 0.3 is 0 Å². The van der Waals surface area contributed by atoms with Crippen molar-refractivity contribution in [1.82, 2.24) is 14.7 Å². The highest BCUT2D eigenvalue weighted by molar-refractivity contribution is 8.02. The van der Waals surface area contributed by atoms with Gasteiger partial charge in [-0.25, -0.2) is 0 Å². The molecule has 0 aromatic heterocycles. The van der Waals surface area contributed by atoms with E-state index < -0.39 is 28.7 Å². The second-order valence-electron chi connectivity index (χ2n) is 12.0. The number of rotatable bonds is 14. The molecule has 0 radical (unpaired) electrons. The highest BCUT2D eigenvalue weighted by Gasteiger charge is 2.74. The maximum absolute atomic E-state index is 14.6. The molecule has 11 heteroatoms. The number of aliphatic hydroxyl groups is 1. The molecule has 1 N–H and O–H groups in total. The Morgan fingerprint density at radius 1 is 1.18 bits per heavy atom. The monoisotopic (exact) mass is 626 g/mol. The first-order valence-electron chi connectivity index (χ1n) is 15.8. The van der Waals surface area contributed by atoms with E-state index in [0.29, 0.717) is 58.1 Å². The topological polar surface area (TPSA) is 103 Å². The molecule has 1 aromatic carbocycles. The zero-order valence-corrected chi connectivity index (χ0v) is 26.8. The molecule has 4 aliphatic heterocycles. The van der Waals surface area contributed by atoms with Crippen LogP contribution in [0.4, 0.5) is 5.69 Å². The number of ether oxygens (including phenoxy) is 2. The molecule has 4 saturated heterocycles. The highest BCUT2D eigenvalue weighted by atomic mass is 32.2. The van der Waals surface area contributed by atoms with Gasteiger partial charge in [-0.15, -0.1) is 24.9 Å². The summed E-state index contributed by atoms with van der Waals surface area (Å²) >= 11 is 1.64. The number of aliphatic hydroxyl groups excluding tert-OH is 1. The van der Waals surface area contributed by atoms with Crippen LogP contribution in [-0.2, 0) is 19.1 Å². The van der Waals surface area contributed by atoms with Crippen LogP contribution in [0, 0.1) is 11.8 Å². The van der Waals surface area contributed by atoms with E-state index in [1.54, 1.807) is 45.5 Å². The minimum absolute atomic E-state index is 0.0745. The number of anilines is 1. The summed E-state index contributed by atoms with van der Waals surface area (Å²) in [6.45, 7) is 16.6. The van der Waals surface area contributed by atoms with Gasteiger partial charge in [0.15, 0.2) is 0 Å². The number of likely N-dealkylation sites (tertiary alicyclic amines) is 1. The van der Waals surface area contributed by atoms with Crippen molar-refractivity contribution in [3.8, 4) is 5.75 Å². The van der Waals surface area contributed by atoms with Crippen LogP contribution in [-0.4, -0.2) is 125 Å². The molecule has 1 aromatic rings. The number of morpholine rings is 1. The molecule has 10 nitrogen and oxygen atoms in total. The second kappa shape index (κ2) is 14.1. The fraction of sp³-hybridized carbons (Fsp3) is 0.606. The van der Waals surface area contributed by atoms with Gasteiger partial charge in [0.05, 0.1) is 49.1 Å². The molecule has 4 fully saturated rings. The lowest BCUT2D eigenvalue weighted by molar-refractivity contribution is -0.145. The SMILES string of the molecule is C=CCN(CCN1CCOCC1)C(=O)C1N([C@H](C)CO)C(=O)[C@@H]2[C@@H](C(=O)N(CC=C)c3ccc(OCC)cc3)[C@H]3CCC12S3. The van der Waals surface area contributed by atoms with E-state index in [1.807, 2.05) is 31.2 Å². The number of amides is 3. The average molecular weight is 627 g/mol. The molecule has 0 saturated carbocycles. The Kier molecular flexibility index (Phi) is 10.4. The van der Waals surface area contributed by atoms with Crippen molar-refractivity contribution >= 4 is 35.2 Å². The van der Waals surface area contributed by atoms with E-state index in [1.165, 1.54) is 0 Å². The van der Waals surface area contributed by atoms with E-state index in [4.69, 9.17) is 9.47 Å². The quantitative estimate of drug-likeness (QED) is 0.314. The predicted octanol–water partition coefficient (Wildman–Crippen LogP) is 2.42. The number of benzene rings is 1. The molecule has 1 spiro atoms. The second-order valence-corrected chi connectivity index (χ2v) is 13.6. The molecule has 240 valence electrons. The van der Waals surface area contributed by atoms with Gasteiger partial charge in [0.25, 0.3) is 0 Å². The lowest BCUT2D eigenvalue weighted by Crippen LogP contribution is -2.58. The Bertz CT molecular complexity index is 1220. The van der Waals surface area contributed by atoms with Crippen molar-refractivity contribution in [2.24, 2.45) is 11.8 Å². The van der Waals surface area contributed by atoms with Gasteiger partial charge in [-0.3, -0.25) is 19.3 Å². The first-order chi connectivity index (χ1) is 21.3. The summed E-state index contributed by atoms with van der Waals surface area (Å²) in [6, 6.07) is 6.06. The van der Waals surface area contributed by atoms with Crippen LogP contribution in [0.25, 0.3) is 0 Å². The van der Waals surface area contributed by atoms with Crippen LogP contribution in [0.2, 0.25) is 0 Å². The van der Waals surface area contributed by atoms with E-state index in [2.05, 4.69) is 18.1 Å². The molecule has 4 aliphatic rings. The summed E-state index contributed by atoms with van der Waals surface area (Å²) < 4.78 is 10.3. The van der Waals surface area contributed by atoms with E-state index in [-0.39, 0.29) is 29.6 Å². The number of thioether (sulfide) groups is 1. The van der Waals surface area contributed by atoms with Crippen molar-refractivity contribution in [3.63, 3.8) is 0 Å². The molecular weight excluding hydrogens is 580 g/mol. The van der Waals surface area contributed by atoms with E-state index >= 15 is 0 Å². The Labute approximate surface area is 265 Å². The van der Waals surface area contributed by atoms with Crippen LogP contribution >= 0.6 is 11.8 Å². The molecule has 5 rings (SSSR count). The fourth-order valence-corrected chi connectivity index (χ4v) is 9.63. The van der Waals surface area contributed by atoms with Crippen molar-refractivity contribution in [2.45, 2.75) is 48.8 Å². The molecule has 2 bridgehead atoms. The molecule has 3 amide bonds. The zero-order chi connectivity index (χ0) is 31.4. The molecule has 6 atom stereocenters. The highest BCUT2D eigenvalue weighted by Crippen LogP contribution is 2.67. The standard InChI is InChI=1S/C33H46N4O6S/c1-5-14-35(17-16-34-18-20-42-21-19-34)32(41)29-33-13-12-26(44-33)27(28(33)31(40)37(29)23(4)22-38)30(39)36(15-6-2)24-8-10-25(11-9-24)43-7-3/h5-6,8-11,23,26-29,38H,1-2,7,12-22H2,3-4H3/t23-,26-,27+,28+,29?,33?/m1/s1. The first-order valence-corrected chi connectivity index (χ1v) is 16.6. The Hall–Kier alpha value is -2.86. The van der Waals surface area contributed by atoms with E-state index in [9.17, 15) is 19.5 Å². The Morgan fingerprint density at radius 3 is 2.52 bits per heavy atom. The minimum Gasteiger partial charge on any atom is -0.494 e. The fourth-order valence-electron chi connectivity index (χ4n) is 7.44. The van der Waals surface area contributed by atoms with Crippen molar-refractivity contribution in [3.05, 3.63) is 49.6 Å². The van der Waals surface area contributed by atoms with Gasteiger partial charge in [0.1, 0.15) is 11.8 Å². The van der Waals surface area contributed by atoms with Crippen molar-refractivity contribution in [2.75, 3.05) is 70.6 Å². The normalized spacial score (nSPS) is 28.4. The lowest BCUT2D eigenvalue weighted by atomic mass is 9.70. The largest absolute Gasteiger partial charge is 0.494 e. The summed E-state index contributed by atoms with van der Waals surface area (Å²) in [6.07, 6.45) is 4.83. The van der Waals surface area contributed by atoms with Gasteiger partial charge in [-0.1, -0.05) is 12.2 Å². The predicted molar refractivity (Wildman–Crippen MR) is 172 cm³/mol. The first kappa shape index (κ1) is 32.5. The summed E-state index contributed by atoms with van der Waals surface area (Å²) in [5.41, 5.74) is 0.708. The number of fused-ring (bicyclic) bond motifs is 1. The van der Waals surface area contributed by atoms with Crippen LogP contribution < -0.4 is 9.64 Å². The Morgan fingerprint density at radius 2 is 1.89 bits per heavy atom. The smallest absolute Gasteiger partial charge is 0.247 e. The van der Waals surface area contributed by atoms with Crippen molar-refractivity contribution < 1.29 is 29.0 Å². The maximum Gasteiger partial charge on any atom is 0.247 e. The van der Waals surface area contributed by atoms with E-state index in [0.717, 1.165) is 25.3 Å².